The standard InChI is InChI=1S/C18H26N4O2/c1-6-13(7-2)19-17(23)20-14-10-8-12(9-11-14)15-21-16(24-22-15)18(3,4)5/h8-11,13H,6-7H2,1-5H3,(H2,19,20,23). The highest BCUT2D eigenvalue weighted by molar-refractivity contribution is 5.89. The fraction of sp³-hybridized carbons (Fsp3) is 0.500. The van der Waals surface area contributed by atoms with E-state index in [2.05, 4.69) is 34.6 Å². The molecule has 0 unspecified atom stereocenters. The first-order chi connectivity index (χ1) is 11.3. The van der Waals surface area contributed by atoms with Gasteiger partial charge in [-0.1, -0.05) is 39.8 Å². The molecule has 6 heteroatoms. The minimum Gasteiger partial charge on any atom is -0.338 e. The summed E-state index contributed by atoms with van der Waals surface area (Å²) < 4.78 is 5.31. The van der Waals surface area contributed by atoms with Gasteiger partial charge >= 0.3 is 6.03 Å². The van der Waals surface area contributed by atoms with Crippen LogP contribution in [0.5, 0.6) is 0 Å². The van der Waals surface area contributed by atoms with E-state index in [9.17, 15) is 4.79 Å². The molecular weight excluding hydrogens is 304 g/mol. The molecule has 1 aromatic carbocycles. The summed E-state index contributed by atoms with van der Waals surface area (Å²) in [7, 11) is 0. The number of hydrogen-bond acceptors (Lipinski definition) is 4. The van der Waals surface area contributed by atoms with E-state index in [1.807, 2.05) is 45.0 Å². The predicted molar refractivity (Wildman–Crippen MR) is 95.0 cm³/mol. The van der Waals surface area contributed by atoms with E-state index in [4.69, 9.17) is 4.52 Å². The molecule has 0 bridgehead atoms. The van der Waals surface area contributed by atoms with Gasteiger partial charge < -0.3 is 15.2 Å². The van der Waals surface area contributed by atoms with Gasteiger partial charge in [-0.05, 0) is 37.1 Å². The molecule has 0 fully saturated rings. The number of nitrogens with one attached hydrogen (secondary N) is 2. The first-order valence-electron chi connectivity index (χ1n) is 8.35. The van der Waals surface area contributed by atoms with Crippen LogP contribution in [0, 0.1) is 0 Å². The first kappa shape index (κ1) is 18.0. The highest BCUT2D eigenvalue weighted by Gasteiger charge is 2.22. The van der Waals surface area contributed by atoms with E-state index in [1.165, 1.54) is 0 Å². The van der Waals surface area contributed by atoms with E-state index in [-0.39, 0.29) is 17.5 Å². The number of anilines is 1. The van der Waals surface area contributed by atoms with Gasteiger partial charge in [0.25, 0.3) is 0 Å². The van der Waals surface area contributed by atoms with Crippen LogP contribution in [0.1, 0.15) is 53.4 Å². The van der Waals surface area contributed by atoms with Crippen LogP contribution in [0.4, 0.5) is 10.5 Å². The third kappa shape index (κ3) is 4.57. The molecule has 0 atom stereocenters. The summed E-state index contributed by atoms with van der Waals surface area (Å²) >= 11 is 0. The second-order valence-corrected chi connectivity index (χ2v) is 6.86. The van der Waals surface area contributed by atoms with Crippen LogP contribution in [0.25, 0.3) is 11.4 Å². The maximum atomic E-state index is 11.9. The lowest BCUT2D eigenvalue weighted by molar-refractivity contribution is 0.247. The number of aromatic nitrogens is 2. The fourth-order valence-electron chi connectivity index (χ4n) is 2.19. The number of urea groups is 1. The van der Waals surface area contributed by atoms with Gasteiger partial charge in [0.2, 0.25) is 11.7 Å². The molecule has 0 saturated heterocycles. The molecule has 130 valence electrons. The molecule has 0 spiro atoms. The van der Waals surface area contributed by atoms with Crippen LogP contribution in [-0.4, -0.2) is 22.2 Å². The van der Waals surface area contributed by atoms with Crippen molar-refractivity contribution < 1.29 is 9.32 Å². The topological polar surface area (TPSA) is 80.0 Å². The van der Waals surface area contributed by atoms with Gasteiger partial charge in [-0.15, -0.1) is 0 Å². The molecule has 2 N–H and O–H groups in total. The Balaban J connectivity index is 2.03. The van der Waals surface area contributed by atoms with Crippen molar-refractivity contribution in [3.8, 4) is 11.4 Å². The lowest BCUT2D eigenvalue weighted by atomic mass is 9.97. The molecule has 1 heterocycles. The number of carbonyl (C=O) groups is 1. The van der Waals surface area contributed by atoms with Gasteiger partial charge in [-0.3, -0.25) is 0 Å². The zero-order valence-electron chi connectivity index (χ0n) is 15.0. The molecule has 0 aliphatic heterocycles. The van der Waals surface area contributed by atoms with Crippen LogP contribution in [-0.2, 0) is 5.41 Å². The molecule has 24 heavy (non-hydrogen) atoms. The second-order valence-electron chi connectivity index (χ2n) is 6.86. The first-order valence-corrected chi connectivity index (χ1v) is 8.35. The molecule has 2 amide bonds. The number of rotatable bonds is 5. The Morgan fingerprint density at radius 3 is 2.29 bits per heavy atom. The highest BCUT2D eigenvalue weighted by Crippen LogP contribution is 2.24. The van der Waals surface area contributed by atoms with E-state index in [0.717, 1.165) is 24.1 Å². The van der Waals surface area contributed by atoms with Crippen molar-refractivity contribution in [3.63, 3.8) is 0 Å². The predicted octanol–water partition coefficient (Wildman–Crippen LogP) is 4.34. The van der Waals surface area contributed by atoms with Crippen LogP contribution >= 0.6 is 0 Å². The third-order valence-electron chi connectivity index (χ3n) is 3.79. The molecule has 0 radical (unpaired) electrons. The van der Waals surface area contributed by atoms with Gasteiger partial charge in [0.15, 0.2) is 0 Å². The Kier molecular flexibility index (Phi) is 5.59. The average molecular weight is 330 g/mol. The van der Waals surface area contributed by atoms with E-state index >= 15 is 0 Å². The number of nitrogens with zero attached hydrogens (tertiary/aromatic N) is 2. The van der Waals surface area contributed by atoms with Crippen LogP contribution in [0.15, 0.2) is 28.8 Å². The summed E-state index contributed by atoms with van der Waals surface area (Å²) in [5.74, 6) is 1.15. The van der Waals surface area contributed by atoms with Gasteiger partial charge in [-0.25, -0.2) is 4.79 Å². The molecular formula is C18H26N4O2. The second kappa shape index (κ2) is 7.47. The van der Waals surface area contributed by atoms with Crippen molar-refractivity contribution in [1.29, 1.82) is 0 Å². The summed E-state index contributed by atoms with van der Waals surface area (Å²) in [6.07, 6.45) is 1.83. The lowest BCUT2D eigenvalue weighted by Crippen LogP contribution is -2.37. The molecule has 2 aromatic rings. The van der Waals surface area contributed by atoms with Crippen LogP contribution < -0.4 is 10.6 Å². The molecule has 1 aromatic heterocycles. The van der Waals surface area contributed by atoms with Crippen molar-refractivity contribution in [2.24, 2.45) is 0 Å². The SMILES string of the molecule is CCC(CC)NC(=O)Nc1ccc(-c2noc(C(C)(C)C)n2)cc1. The molecule has 6 nitrogen and oxygen atoms in total. The maximum Gasteiger partial charge on any atom is 0.319 e. The van der Waals surface area contributed by atoms with Gasteiger partial charge in [0.05, 0.1) is 0 Å². The minimum atomic E-state index is -0.189. The smallest absolute Gasteiger partial charge is 0.319 e. The van der Waals surface area contributed by atoms with Crippen molar-refractivity contribution in [2.75, 3.05) is 5.32 Å². The quantitative estimate of drug-likeness (QED) is 0.854. The fourth-order valence-corrected chi connectivity index (χ4v) is 2.19. The monoisotopic (exact) mass is 330 g/mol. The van der Waals surface area contributed by atoms with Crippen molar-refractivity contribution in [3.05, 3.63) is 30.2 Å². The maximum absolute atomic E-state index is 11.9. The molecule has 0 aliphatic carbocycles. The molecule has 2 rings (SSSR count). The summed E-state index contributed by atoms with van der Waals surface area (Å²) in [5, 5.41) is 9.80. The summed E-state index contributed by atoms with van der Waals surface area (Å²) in [6.45, 7) is 10.2. The number of carbonyl (C=O) groups excluding carboxylic acids is 1. The lowest BCUT2D eigenvalue weighted by Gasteiger charge is -2.15. The van der Waals surface area contributed by atoms with E-state index < -0.39 is 0 Å². The normalized spacial score (nSPS) is 11.6. The van der Waals surface area contributed by atoms with Crippen molar-refractivity contribution in [1.82, 2.24) is 15.5 Å². The van der Waals surface area contributed by atoms with Crippen LogP contribution in [0.3, 0.4) is 0 Å². The largest absolute Gasteiger partial charge is 0.338 e. The third-order valence-corrected chi connectivity index (χ3v) is 3.79. The van der Waals surface area contributed by atoms with Gasteiger partial charge in [-0.2, -0.15) is 4.98 Å². The zero-order chi connectivity index (χ0) is 17.7. The Morgan fingerprint density at radius 1 is 1.17 bits per heavy atom. The Bertz CT molecular complexity index is 667. The Hall–Kier alpha value is -2.37. The summed E-state index contributed by atoms with van der Waals surface area (Å²) in [6, 6.07) is 7.39. The average Bonchev–Trinajstić information content (AvgIpc) is 3.03. The summed E-state index contributed by atoms with van der Waals surface area (Å²) in [4.78, 5) is 16.4. The highest BCUT2D eigenvalue weighted by atomic mass is 16.5. The van der Waals surface area contributed by atoms with E-state index in [1.54, 1.807) is 0 Å². The van der Waals surface area contributed by atoms with Crippen LogP contribution in [0.2, 0.25) is 0 Å². The minimum absolute atomic E-state index is 0.181. The zero-order valence-corrected chi connectivity index (χ0v) is 15.0. The van der Waals surface area contributed by atoms with Crippen molar-refractivity contribution >= 4 is 11.7 Å². The molecule has 0 aliphatic rings. The molecule has 0 saturated carbocycles. The Labute approximate surface area is 143 Å². The summed E-state index contributed by atoms with van der Waals surface area (Å²) in [5.41, 5.74) is 1.39. The van der Waals surface area contributed by atoms with E-state index in [0.29, 0.717) is 11.7 Å². The van der Waals surface area contributed by atoms with Gasteiger partial charge in [0.1, 0.15) is 0 Å². The number of amides is 2. The Morgan fingerprint density at radius 2 is 1.79 bits per heavy atom. The van der Waals surface area contributed by atoms with Crippen molar-refractivity contribution in [2.45, 2.75) is 58.9 Å². The van der Waals surface area contributed by atoms with Gasteiger partial charge in [0, 0.05) is 22.7 Å². The number of benzene rings is 1. The number of hydrogen-bond donors (Lipinski definition) is 2.